The van der Waals surface area contributed by atoms with E-state index in [1.807, 2.05) is 0 Å². The molecule has 1 aromatic heterocycles. The van der Waals surface area contributed by atoms with E-state index in [1.54, 1.807) is 33.0 Å². The van der Waals surface area contributed by atoms with Gasteiger partial charge >= 0.3 is 11.9 Å². The normalized spacial score (nSPS) is 11.2. The molecule has 94 valence electrons. The number of esters is 1. The molecular weight excluding hydrogens is 224 g/mol. The van der Waals surface area contributed by atoms with E-state index in [0.29, 0.717) is 5.69 Å². The van der Waals surface area contributed by atoms with Crippen molar-refractivity contribution in [1.82, 2.24) is 9.78 Å². The van der Waals surface area contributed by atoms with E-state index in [2.05, 4.69) is 5.10 Å². The highest BCUT2D eigenvalue weighted by Crippen LogP contribution is 2.07. The smallest absolute Gasteiger partial charge is 0.328 e. The Balaban J connectivity index is 2.55. The summed E-state index contributed by atoms with van der Waals surface area (Å²) < 4.78 is 6.48. The van der Waals surface area contributed by atoms with Crippen molar-refractivity contribution in [1.29, 1.82) is 0 Å². The topological polar surface area (TPSA) is 81.4 Å². The number of aromatic nitrogens is 2. The quantitative estimate of drug-likeness (QED) is 0.789. The van der Waals surface area contributed by atoms with Gasteiger partial charge in [0.1, 0.15) is 12.1 Å². The standard InChI is InChI=1S/C11H16N2O4/c1-11(2,3)17-10(16)7-13-5-4-8(12-13)6-9(14)15/h4-5H,6-7H2,1-3H3,(H,14,15). The molecule has 0 aliphatic rings. The van der Waals surface area contributed by atoms with Gasteiger partial charge in [-0.1, -0.05) is 0 Å². The van der Waals surface area contributed by atoms with Gasteiger partial charge in [0, 0.05) is 6.20 Å². The molecular formula is C11H16N2O4. The van der Waals surface area contributed by atoms with Gasteiger partial charge < -0.3 is 9.84 Å². The highest BCUT2D eigenvalue weighted by atomic mass is 16.6. The number of carboxylic acids is 1. The first-order valence-corrected chi connectivity index (χ1v) is 5.22. The summed E-state index contributed by atoms with van der Waals surface area (Å²) in [7, 11) is 0. The third kappa shape index (κ3) is 5.14. The maximum Gasteiger partial charge on any atom is 0.328 e. The molecule has 0 unspecified atom stereocenters. The third-order valence-corrected chi connectivity index (χ3v) is 1.74. The minimum absolute atomic E-state index is 0.0170. The molecule has 0 atom stereocenters. The summed E-state index contributed by atoms with van der Waals surface area (Å²) in [5.74, 6) is -1.35. The first-order chi connectivity index (χ1) is 7.76. The van der Waals surface area contributed by atoms with Crippen LogP contribution in [0.25, 0.3) is 0 Å². The van der Waals surface area contributed by atoms with Gasteiger partial charge in [-0.25, -0.2) is 0 Å². The molecule has 1 rings (SSSR count). The van der Waals surface area contributed by atoms with E-state index in [0.717, 1.165) is 0 Å². The van der Waals surface area contributed by atoms with Crippen molar-refractivity contribution < 1.29 is 19.4 Å². The molecule has 0 spiro atoms. The second kappa shape index (κ2) is 4.99. The number of carbonyl (C=O) groups excluding carboxylic acids is 1. The number of carbonyl (C=O) groups is 2. The number of nitrogens with zero attached hydrogens (tertiary/aromatic N) is 2. The first-order valence-electron chi connectivity index (χ1n) is 5.22. The zero-order chi connectivity index (χ0) is 13.1. The van der Waals surface area contributed by atoms with Crippen LogP contribution >= 0.6 is 0 Å². The molecule has 0 bridgehead atoms. The Morgan fingerprint density at radius 2 is 2.12 bits per heavy atom. The lowest BCUT2D eigenvalue weighted by atomic mass is 10.2. The predicted molar refractivity (Wildman–Crippen MR) is 59.4 cm³/mol. The number of aliphatic carboxylic acids is 1. The Kier molecular flexibility index (Phi) is 3.88. The summed E-state index contributed by atoms with van der Waals surface area (Å²) in [4.78, 5) is 21.9. The van der Waals surface area contributed by atoms with E-state index < -0.39 is 17.5 Å². The van der Waals surface area contributed by atoms with Crippen molar-refractivity contribution in [2.45, 2.75) is 39.3 Å². The number of hydrogen-bond acceptors (Lipinski definition) is 4. The van der Waals surface area contributed by atoms with E-state index >= 15 is 0 Å². The fourth-order valence-corrected chi connectivity index (χ4v) is 1.25. The summed E-state index contributed by atoms with van der Waals surface area (Å²) in [6.07, 6.45) is 1.41. The van der Waals surface area contributed by atoms with Crippen molar-refractivity contribution in [3.8, 4) is 0 Å². The third-order valence-electron chi connectivity index (χ3n) is 1.74. The van der Waals surface area contributed by atoms with Gasteiger partial charge in [-0.15, -0.1) is 0 Å². The SMILES string of the molecule is CC(C)(C)OC(=O)Cn1ccc(CC(=O)O)n1. The first kappa shape index (κ1) is 13.2. The number of rotatable bonds is 4. The minimum atomic E-state index is -0.951. The van der Waals surface area contributed by atoms with Crippen molar-refractivity contribution in [2.24, 2.45) is 0 Å². The number of ether oxygens (including phenoxy) is 1. The predicted octanol–water partition coefficient (Wildman–Crippen LogP) is 0.852. The van der Waals surface area contributed by atoms with Crippen molar-refractivity contribution in [3.05, 3.63) is 18.0 Å². The highest BCUT2D eigenvalue weighted by Gasteiger charge is 2.16. The Bertz CT molecular complexity index is 417. The average molecular weight is 240 g/mol. The maximum absolute atomic E-state index is 11.5. The van der Waals surface area contributed by atoms with Crippen LogP contribution in [0.5, 0.6) is 0 Å². The van der Waals surface area contributed by atoms with Crippen LogP contribution in [0.15, 0.2) is 12.3 Å². The lowest BCUT2D eigenvalue weighted by Gasteiger charge is -2.19. The summed E-state index contributed by atoms with van der Waals surface area (Å²) in [5, 5.41) is 12.5. The average Bonchev–Trinajstić information content (AvgIpc) is 2.46. The van der Waals surface area contributed by atoms with Crippen molar-refractivity contribution in [2.75, 3.05) is 0 Å². The van der Waals surface area contributed by atoms with Crippen LogP contribution in [0.1, 0.15) is 26.5 Å². The van der Waals surface area contributed by atoms with Crippen molar-refractivity contribution in [3.63, 3.8) is 0 Å². The molecule has 0 aliphatic carbocycles. The Morgan fingerprint density at radius 1 is 1.47 bits per heavy atom. The van der Waals surface area contributed by atoms with Crippen LogP contribution < -0.4 is 0 Å². The van der Waals surface area contributed by atoms with Crippen LogP contribution in [0, 0.1) is 0 Å². The fourth-order valence-electron chi connectivity index (χ4n) is 1.25. The van der Waals surface area contributed by atoms with Crippen LogP contribution in [-0.2, 0) is 27.3 Å². The fraction of sp³-hybridized carbons (Fsp3) is 0.545. The van der Waals surface area contributed by atoms with E-state index in [1.165, 1.54) is 4.68 Å². The lowest BCUT2D eigenvalue weighted by molar-refractivity contribution is -0.155. The van der Waals surface area contributed by atoms with Crippen LogP contribution in [0.3, 0.4) is 0 Å². The lowest BCUT2D eigenvalue weighted by Crippen LogP contribution is -2.26. The van der Waals surface area contributed by atoms with Crippen LogP contribution in [0.4, 0.5) is 0 Å². The maximum atomic E-state index is 11.5. The molecule has 0 radical (unpaired) electrons. The number of carboxylic acid groups (broad SMARTS) is 1. The largest absolute Gasteiger partial charge is 0.481 e. The summed E-state index contributed by atoms with van der Waals surface area (Å²) in [6.45, 7) is 5.33. The molecule has 0 fully saturated rings. The highest BCUT2D eigenvalue weighted by molar-refractivity contribution is 5.70. The zero-order valence-electron chi connectivity index (χ0n) is 10.1. The van der Waals surface area contributed by atoms with E-state index in [9.17, 15) is 9.59 Å². The van der Waals surface area contributed by atoms with Gasteiger partial charge in [0.25, 0.3) is 0 Å². The van der Waals surface area contributed by atoms with E-state index in [4.69, 9.17) is 9.84 Å². The van der Waals surface area contributed by atoms with E-state index in [-0.39, 0.29) is 13.0 Å². The molecule has 1 heterocycles. The Morgan fingerprint density at radius 3 is 2.65 bits per heavy atom. The second-order valence-corrected chi connectivity index (χ2v) is 4.66. The molecule has 0 amide bonds. The van der Waals surface area contributed by atoms with Crippen molar-refractivity contribution >= 4 is 11.9 Å². The summed E-state index contributed by atoms with van der Waals surface area (Å²) >= 11 is 0. The van der Waals surface area contributed by atoms with Gasteiger partial charge in [0.2, 0.25) is 0 Å². The second-order valence-electron chi connectivity index (χ2n) is 4.66. The molecule has 6 heteroatoms. The van der Waals surface area contributed by atoms with Crippen LogP contribution in [-0.4, -0.2) is 32.4 Å². The zero-order valence-corrected chi connectivity index (χ0v) is 10.1. The van der Waals surface area contributed by atoms with Gasteiger partial charge in [-0.05, 0) is 26.8 Å². The summed E-state index contributed by atoms with van der Waals surface area (Å²) in [5.41, 5.74) is -0.116. The Labute approximate surface area is 99.2 Å². The molecule has 17 heavy (non-hydrogen) atoms. The molecule has 6 nitrogen and oxygen atoms in total. The molecule has 0 aliphatic heterocycles. The molecule has 0 saturated carbocycles. The van der Waals surface area contributed by atoms with Gasteiger partial charge in [0.15, 0.2) is 0 Å². The molecule has 1 N–H and O–H groups in total. The Hall–Kier alpha value is -1.85. The molecule has 0 aromatic carbocycles. The van der Waals surface area contributed by atoms with Gasteiger partial charge in [-0.2, -0.15) is 5.10 Å². The number of hydrogen-bond donors (Lipinski definition) is 1. The molecule has 0 saturated heterocycles. The monoisotopic (exact) mass is 240 g/mol. The van der Waals surface area contributed by atoms with Crippen LogP contribution in [0.2, 0.25) is 0 Å². The minimum Gasteiger partial charge on any atom is -0.481 e. The summed E-state index contributed by atoms with van der Waals surface area (Å²) in [6, 6.07) is 1.57. The van der Waals surface area contributed by atoms with Gasteiger partial charge in [0.05, 0.1) is 12.1 Å². The van der Waals surface area contributed by atoms with Gasteiger partial charge in [-0.3, -0.25) is 14.3 Å². The molecule has 1 aromatic rings.